The molecule has 128 valence electrons. The Kier molecular flexibility index (Phi) is 5.66. The van der Waals surface area contributed by atoms with Gasteiger partial charge in [0.25, 0.3) is 5.69 Å². The van der Waals surface area contributed by atoms with Gasteiger partial charge in [0.1, 0.15) is 0 Å². The third kappa shape index (κ3) is 4.16. The van der Waals surface area contributed by atoms with E-state index in [1.807, 2.05) is 0 Å². The van der Waals surface area contributed by atoms with Crippen LogP contribution in [0.25, 0.3) is 11.1 Å². The highest BCUT2D eigenvalue weighted by atomic mass is 32.2. The number of methoxy groups -OCH3 is 1. The maximum Gasteiger partial charge on any atom is 0.272 e. The summed E-state index contributed by atoms with van der Waals surface area (Å²) in [7, 11) is -2.11. The Balaban J connectivity index is 2.27. The molecule has 0 atom stereocenters. The number of aryl methyl sites for hydroxylation is 1. The Labute approximate surface area is 140 Å². The zero-order chi connectivity index (χ0) is 17.7. The fraction of sp³-hybridized carbons (Fsp3) is 0.250. The molecular weight excluding hydrogens is 332 g/mol. The summed E-state index contributed by atoms with van der Waals surface area (Å²) in [5.41, 5.74) is 1.97. The van der Waals surface area contributed by atoms with E-state index >= 15 is 0 Å². The lowest BCUT2D eigenvalue weighted by Crippen LogP contribution is -2.27. The molecule has 0 unspecified atom stereocenters. The summed E-state index contributed by atoms with van der Waals surface area (Å²) >= 11 is 0. The van der Waals surface area contributed by atoms with E-state index in [1.54, 1.807) is 31.2 Å². The second kappa shape index (κ2) is 7.52. The lowest BCUT2D eigenvalue weighted by atomic mass is 10.0. The molecule has 7 nitrogen and oxygen atoms in total. The number of nitrogens with zero attached hydrogens (tertiary/aromatic N) is 1. The third-order valence-electron chi connectivity index (χ3n) is 3.50. The maximum atomic E-state index is 12.1. The summed E-state index contributed by atoms with van der Waals surface area (Å²) < 4.78 is 31.4. The van der Waals surface area contributed by atoms with Gasteiger partial charge in [-0.15, -0.1) is 0 Å². The standard InChI is InChI=1S/C16H18N2O5S/c1-12-3-4-14(11-16(12)18(19)20)13-5-7-15(8-6-13)24(21,22)17-9-10-23-2/h3-8,11,17H,9-10H2,1-2H3. The summed E-state index contributed by atoms with van der Waals surface area (Å²) in [6.07, 6.45) is 0. The van der Waals surface area contributed by atoms with Gasteiger partial charge in [0.15, 0.2) is 0 Å². The van der Waals surface area contributed by atoms with Crippen LogP contribution >= 0.6 is 0 Å². The van der Waals surface area contributed by atoms with E-state index < -0.39 is 14.9 Å². The van der Waals surface area contributed by atoms with Crippen LogP contribution in [0.15, 0.2) is 47.4 Å². The van der Waals surface area contributed by atoms with Crippen molar-refractivity contribution in [1.82, 2.24) is 4.72 Å². The van der Waals surface area contributed by atoms with Crippen molar-refractivity contribution >= 4 is 15.7 Å². The van der Waals surface area contributed by atoms with Gasteiger partial charge in [-0.05, 0) is 30.2 Å². The maximum absolute atomic E-state index is 12.1. The molecule has 0 saturated carbocycles. The van der Waals surface area contributed by atoms with Crippen LogP contribution in [0.4, 0.5) is 5.69 Å². The molecule has 0 radical (unpaired) electrons. The van der Waals surface area contributed by atoms with Crippen LogP contribution in [0.5, 0.6) is 0 Å². The number of nitro groups is 1. The molecule has 0 bridgehead atoms. The summed E-state index contributed by atoms with van der Waals surface area (Å²) in [5.74, 6) is 0. The molecule has 0 heterocycles. The van der Waals surface area contributed by atoms with E-state index in [0.29, 0.717) is 16.7 Å². The van der Waals surface area contributed by atoms with Crippen LogP contribution in [0.3, 0.4) is 0 Å². The number of nitrogens with one attached hydrogen (secondary N) is 1. The third-order valence-corrected chi connectivity index (χ3v) is 4.98. The first-order chi connectivity index (χ1) is 11.3. The quantitative estimate of drug-likeness (QED) is 0.470. The molecule has 2 rings (SSSR count). The van der Waals surface area contributed by atoms with Crippen molar-refractivity contribution in [3.63, 3.8) is 0 Å². The van der Waals surface area contributed by atoms with Gasteiger partial charge in [-0.25, -0.2) is 13.1 Å². The van der Waals surface area contributed by atoms with E-state index in [0.717, 1.165) is 0 Å². The number of benzene rings is 2. The highest BCUT2D eigenvalue weighted by molar-refractivity contribution is 7.89. The summed E-state index contributed by atoms with van der Waals surface area (Å²) in [4.78, 5) is 10.7. The number of nitro benzene ring substituents is 1. The fourth-order valence-corrected chi connectivity index (χ4v) is 3.19. The van der Waals surface area contributed by atoms with E-state index in [1.165, 1.54) is 25.3 Å². The Morgan fingerprint density at radius 3 is 2.33 bits per heavy atom. The van der Waals surface area contributed by atoms with Crippen LogP contribution in [-0.2, 0) is 14.8 Å². The van der Waals surface area contributed by atoms with Crippen molar-refractivity contribution in [2.75, 3.05) is 20.3 Å². The Hall–Kier alpha value is -2.29. The van der Waals surface area contributed by atoms with Crippen LogP contribution < -0.4 is 4.72 Å². The van der Waals surface area contributed by atoms with E-state index in [4.69, 9.17) is 4.74 Å². The predicted molar refractivity (Wildman–Crippen MR) is 90.3 cm³/mol. The van der Waals surface area contributed by atoms with Crippen LogP contribution in [0.2, 0.25) is 0 Å². The van der Waals surface area contributed by atoms with Crippen LogP contribution in [-0.4, -0.2) is 33.6 Å². The van der Waals surface area contributed by atoms with Gasteiger partial charge in [0.2, 0.25) is 10.0 Å². The number of sulfonamides is 1. The van der Waals surface area contributed by atoms with Crippen molar-refractivity contribution in [2.45, 2.75) is 11.8 Å². The van der Waals surface area contributed by atoms with E-state index in [2.05, 4.69) is 4.72 Å². The first-order valence-corrected chi connectivity index (χ1v) is 8.67. The van der Waals surface area contributed by atoms with Gasteiger partial charge < -0.3 is 4.74 Å². The molecular formula is C16H18N2O5S. The Morgan fingerprint density at radius 1 is 1.12 bits per heavy atom. The SMILES string of the molecule is COCCNS(=O)(=O)c1ccc(-c2ccc(C)c([N+](=O)[O-])c2)cc1. The summed E-state index contributed by atoms with van der Waals surface area (Å²) in [5, 5.41) is 11.0. The molecule has 24 heavy (non-hydrogen) atoms. The molecule has 0 aliphatic carbocycles. The van der Waals surface area contributed by atoms with Crippen molar-refractivity contribution < 1.29 is 18.1 Å². The minimum atomic E-state index is -3.60. The number of ether oxygens (including phenoxy) is 1. The molecule has 0 saturated heterocycles. The molecule has 0 spiro atoms. The van der Waals surface area contributed by atoms with Gasteiger partial charge in [-0.3, -0.25) is 10.1 Å². The molecule has 0 amide bonds. The monoisotopic (exact) mass is 350 g/mol. The Morgan fingerprint density at radius 2 is 1.75 bits per heavy atom. The lowest BCUT2D eigenvalue weighted by Gasteiger charge is -2.08. The highest BCUT2D eigenvalue weighted by Gasteiger charge is 2.15. The smallest absolute Gasteiger partial charge is 0.272 e. The molecule has 0 fully saturated rings. The van der Waals surface area contributed by atoms with Crippen LogP contribution in [0.1, 0.15) is 5.56 Å². The zero-order valence-electron chi connectivity index (χ0n) is 13.4. The van der Waals surface area contributed by atoms with E-state index in [9.17, 15) is 18.5 Å². The molecule has 2 aromatic carbocycles. The second-order valence-electron chi connectivity index (χ2n) is 5.17. The van der Waals surface area contributed by atoms with E-state index in [-0.39, 0.29) is 23.7 Å². The molecule has 0 aliphatic rings. The van der Waals surface area contributed by atoms with Crippen molar-refractivity contribution in [1.29, 1.82) is 0 Å². The van der Waals surface area contributed by atoms with Gasteiger partial charge in [0.05, 0.1) is 16.4 Å². The van der Waals surface area contributed by atoms with Crippen molar-refractivity contribution in [3.05, 3.63) is 58.1 Å². The molecule has 1 N–H and O–H groups in total. The number of hydrogen-bond acceptors (Lipinski definition) is 5. The average Bonchev–Trinajstić information content (AvgIpc) is 2.55. The zero-order valence-corrected chi connectivity index (χ0v) is 14.2. The topological polar surface area (TPSA) is 98.5 Å². The first kappa shape index (κ1) is 18.1. The van der Waals surface area contributed by atoms with Gasteiger partial charge in [-0.2, -0.15) is 0 Å². The normalized spacial score (nSPS) is 11.4. The largest absolute Gasteiger partial charge is 0.383 e. The minimum absolute atomic E-state index is 0.0328. The Bertz CT molecular complexity index is 832. The number of rotatable bonds is 7. The van der Waals surface area contributed by atoms with Crippen molar-refractivity contribution in [3.8, 4) is 11.1 Å². The lowest BCUT2D eigenvalue weighted by molar-refractivity contribution is -0.385. The van der Waals surface area contributed by atoms with Gasteiger partial charge in [0, 0.05) is 25.3 Å². The number of hydrogen-bond donors (Lipinski definition) is 1. The first-order valence-electron chi connectivity index (χ1n) is 7.19. The molecule has 8 heteroatoms. The van der Waals surface area contributed by atoms with Crippen LogP contribution in [0, 0.1) is 17.0 Å². The van der Waals surface area contributed by atoms with Gasteiger partial charge in [-0.1, -0.05) is 24.3 Å². The predicted octanol–water partition coefficient (Wildman–Crippen LogP) is 2.49. The molecule has 0 aliphatic heterocycles. The van der Waals surface area contributed by atoms with Gasteiger partial charge >= 0.3 is 0 Å². The highest BCUT2D eigenvalue weighted by Crippen LogP contribution is 2.27. The summed E-state index contributed by atoms with van der Waals surface area (Å²) in [6.45, 7) is 2.14. The molecule has 2 aromatic rings. The fourth-order valence-electron chi connectivity index (χ4n) is 2.17. The second-order valence-corrected chi connectivity index (χ2v) is 6.94. The minimum Gasteiger partial charge on any atom is -0.383 e. The summed E-state index contributed by atoms with van der Waals surface area (Å²) in [6, 6.07) is 11.1. The van der Waals surface area contributed by atoms with Crippen molar-refractivity contribution in [2.24, 2.45) is 0 Å². The average molecular weight is 350 g/mol. The molecule has 0 aromatic heterocycles.